The van der Waals surface area contributed by atoms with E-state index in [0.29, 0.717) is 24.7 Å². The van der Waals surface area contributed by atoms with E-state index < -0.39 is 0 Å². The summed E-state index contributed by atoms with van der Waals surface area (Å²) in [6.45, 7) is 4.95. The number of urea groups is 1. The normalized spacial score (nSPS) is 18.2. The predicted molar refractivity (Wildman–Crippen MR) is 78.5 cm³/mol. The molecule has 0 bridgehead atoms. The topological polar surface area (TPSA) is 61.4 Å². The van der Waals surface area contributed by atoms with Gasteiger partial charge in [-0.2, -0.15) is 0 Å². The summed E-state index contributed by atoms with van der Waals surface area (Å²) in [5, 5.41) is 5.52. The summed E-state index contributed by atoms with van der Waals surface area (Å²) in [5.41, 5.74) is 0.520. The number of anilines is 1. The van der Waals surface area contributed by atoms with Crippen molar-refractivity contribution in [2.24, 2.45) is 5.92 Å². The lowest BCUT2D eigenvalue weighted by atomic mass is 10.2. The van der Waals surface area contributed by atoms with Gasteiger partial charge in [0.2, 0.25) is 5.91 Å². The van der Waals surface area contributed by atoms with Crippen molar-refractivity contribution in [3.63, 3.8) is 0 Å². The fraction of sp³-hybridized carbons (Fsp3) is 0.467. The van der Waals surface area contributed by atoms with Gasteiger partial charge in [0.15, 0.2) is 0 Å². The molecule has 0 aromatic heterocycles. The van der Waals surface area contributed by atoms with Crippen LogP contribution in [0.5, 0.6) is 0 Å². The van der Waals surface area contributed by atoms with E-state index in [2.05, 4.69) is 10.6 Å². The Morgan fingerprint density at radius 3 is 2.90 bits per heavy atom. The van der Waals surface area contributed by atoms with Gasteiger partial charge in [-0.15, -0.1) is 0 Å². The molecule has 114 valence electrons. The molecule has 3 amide bonds. The highest BCUT2D eigenvalue weighted by Crippen LogP contribution is 2.22. The van der Waals surface area contributed by atoms with Crippen molar-refractivity contribution < 1.29 is 14.0 Å². The van der Waals surface area contributed by atoms with Crippen LogP contribution < -0.4 is 15.5 Å². The molecule has 1 fully saturated rings. The third kappa shape index (κ3) is 4.18. The summed E-state index contributed by atoms with van der Waals surface area (Å²) in [5.74, 6) is -0.133. The molecule has 0 saturated carbocycles. The molecule has 1 atom stereocenters. The van der Waals surface area contributed by atoms with Gasteiger partial charge in [-0.3, -0.25) is 4.79 Å². The second-order valence-corrected chi connectivity index (χ2v) is 5.63. The quantitative estimate of drug-likeness (QED) is 0.890. The average molecular weight is 293 g/mol. The first-order chi connectivity index (χ1) is 9.95. The highest BCUT2D eigenvalue weighted by molar-refractivity contribution is 5.96. The van der Waals surface area contributed by atoms with Gasteiger partial charge in [0, 0.05) is 25.2 Å². The van der Waals surface area contributed by atoms with Crippen LogP contribution in [-0.2, 0) is 4.79 Å². The first-order valence-electron chi connectivity index (χ1n) is 7.06. The fourth-order valence-electron chi connectivity index (χ4n) is 2.23. The molecule has 1 aromatic rings. The van der Waals surface area contributed by atoms with Gasteiger partial charge in [0.1, 0.15) is 5.82 Å². The summed E-state index contributed by atoms with van der Waals surface area (Å²) in [6.07, 6.45) is 0.228. The summed E-state index contributed by atoms with van der Waals surface area (Å²) in [7, 11) is 0. The Morgan fingerprint density at radius 1 is 1.48 bits per heavy atom. The van der Waals surface area contributed by atoms with E-state index in [1.165, 1.54) is 17.0 Å². The first kappa shape index (κ1) is 15.3. The molecule has 0 aliphatic carbocycles. The summed E-state index contributed by atoms with van der Waals surface area (Å²) in [4.78, 5) is 25.2. The Kier molecular flexibility index (Phi) is 4.77. The zero-order valence-corrected chi connectivity index (χ0v) is 12.2. The van der Waals surface area contributed by atoms with Gasteiger partial charge in [-0.1, -0.05) is 19.9 Å². The van der Waals surface area contributed by atoms with E-state index in [0.717, 1.165) is 0 Å². The highest BCUT2D eigenvalue weighted by atomic mass is 19.1. The number of hydrogen-bond acceptors (Lipinski definition) is 2. The monoisotopic (exact) mass is 293 g/mol. The van der Waals surface area contributed by atoms with Gasteiger partial charge in [0.25, 0.3) is 0 Å². The number of halogens is 1. The third-order valence-corrected chi connectivity index (χ3v) is 3.25. The maximum atomic E-state index is 13.2. The molecule has 0 spiro atoms. The van der Waals surface area contributed by atoms with Crippen molar-refractivity contribution >= 4 is 17.6 Å². The molecule has 1 saturated heterocycles. The van der Waals surface area contributed by atoms with Crippen LogP contribution >= 0.6 is 0 Å². The zero-order valence-electron chi connectivity index (χ0n) is 12.2. The van der Waals surface area contributed by atoms with Crippen molar-refractivity contribution in [3.8, 4) is 0 Å². The molecule has 21 heavy (non-hydrogen) atoms. The van der Waals surface area contributed by atoms with Crippen LogP contribution in [0, 0.1) is 11.7 Å². The van der Waals surface area contributed by atoms with E-state index in [9.17, 15) is 14.0 Å². The Hall–Kier alpha value is -2.11. The van der Waals surface area contributed by atoms with Crippen LogP contribution in [0.4, 0.5) is 14.9 Å². The summed E-state index contributed by atoms with van der Waals surface area (Å²) >= 11 is 0. The average Bonchev–Trinajstić information content (AvgIpc) is 2.77. The SMILES string of the molecule is CC(C)CNC(=O)N[C@H]1CC(=O)N(c2cccc(F)c2)C1. The number of nitrogens with one attached hydrogen (secondary N) is 2. The van der Waals surface area contributed by atoms with Crippen LogP contribution in [-0.4, -0.2) is 31.1 Å². The molecule has 2 N–H and O–H groups in total. The fourth-order valence-corrected chi connectivity index (χ4v) is 2.23. The van der Waals surface area contributed by atoms with Crippen LogP contribution in [0.3, 0.4) is 0 Å². The standard InChI is InChI=1S/C15H20FN3O2/c1-10(2)8-17-15(21)18-12-7-14(20)19(9-12)13-5-3-4-11(16)6-13/h3-6,10,12H,7-9H2,1-2H3,(H2,17,18,21)/t12-/m0/s1. The maximum absolute atomic E-state index is 13.2. The first-order valence-corrected chi connectivity index (χ1v) is 7.06. The van der Waals surface area contributed by atoms with Crippen LogP contribution in [0.1, 0.15) is 20.3 Å². The number of rotatable bonds is 4. The Labute approximate surface area is 123 Å². The van der Waals surface area contributed by atoms with Crippen LogP contribution in [0.15, 0.2) is 24.3 Å². The molecule has 1 aliphatic heterocycles. The smallest absolute Gasteiger partial charge is 0.315 e. The molecule has 1 aliphatic rings. The van der Waals surface area contributed by atoms with E-state index in [1.807, 2.05) is 13.8 Å². The van der Waals surface area contributed by atoms with E-state index in [1.54, 1.807) is 12.1 Å². The van der Waals surface area contributed by atoms with Crippen LogP contribution in [0.2, 0.25) is 0 Å². The molecule has 1 heterocycles. The Morgan fingerprint density at radius 2 is 2.24 bits per heavy atom. The number of nitrogens with zero attached hydrogens (tertiary/aromatic N) is 1. The Balaban J connectivity index is 1.92. The highest BCUT2D eigenvalue weighted by Gasteiger charge is 2.31. The summed E-state index contributed by atoms with van der Waals surface area (Å²) in [6, 6.07) is 5.37. The van der Waals surface area contributed by atoms with Crippen molar-refractivity contribution in [2.45, 2.75) is 26.3 Å². The van der Waals surface area contributed by atoms with E-state index in [4.69, 9.17) is 0 Å². The van der Waals surface area contributed by atoms with Crippen molar-refractivity contribution in [2.75, 3.05) is 18.0 Å². The molecule has 0 unspecified atom stereocenters. The van der Waals surface area contributed by atoms with Crippen LogP contribution in [0.25, 0.3) is 0 Å². The molecule has 0 radical (unpaired) electrons. The number of hydrogen-bond donors (Lipinski definition) is 2. The van der Waals surface area contributed by atoms with Gasteiger partial charge in [-0.05, 0) is 24.1 Å². The molecular formula is C15H20FN3O2. The van der Waals surface area contributed by atoms with Crippen molar-refractivity contribution in [1.82, 2.24) is 10.6 Å². The van der Waals surface area contributed by atoms with Crippen molar-refractivity contribution in [1.29, 1.82) is 0 Å². The van der Waals surface area contributed by atoms with Gasteiger partial charge in [-0.25, -0.2) is 9.18 Å². The number of carbonyl (C=O) groups excluding carboxylic acids is 2. The second kappa shape index (κ2) is 6.56. The predicted octanol–water partition coefficient (Wildman–Crippen LogP) is 1.89. The van der Waals surface area contributed by atoms with E-state index >= 15 is 0 Å². The maximum Gasteiger partial charge on any atom is 0.315 e. The zero-order chi connectivity index (χ0) is 15.4. The van der Waals surface area contributed by atoms with Gasteiger partial charge < -0.3 is 15.5 Å². The molecule has 6 heteroatoms. The molecule has 2 rings (SSSR count). The van der Waals surface area contributed by atoms with E-state index in [-0.39, 0.29) is 30.2 Å². The number of benzene rings is 1. The number of amides is 3. The molecular weight excluding hydrogens is 273 g/mol. The minimum atomic E-state index is -0.383. The lowest BCUT2D eigenvalue weighted by Crippen LogP contribution is -2.44. The van der Waals surface area contributed by atoms with Crippen molar-refractivity contribution in [3.05, 3.63) is 30.1 Å². The van der Waals surface area contributed by atoms with Gasteiger partial charge >= 0.3 is 6.03 Å². The molecule has 1 aromatic carbocycles. The van der Waals surface area contributed by atoms with Gasteiger partial charge in [0.05, 0.1) is 6.04 Å². The lowest BCUT2D eigenvalue weighted by Gasteiger charge is -2.17. The third-order valence-electron chi connectivity index (χ3n) is 3.25. The minimum Gasteiger partial charge on any atom is -0.338 e. The largest absolute Gasteiger partial charge is 0.338 e. The minimum absolute atomic E-state index is 0.116. The summed E-state index contributed by atoms with van der Waals surface area (Å²) < 4.78 is 13.2. The number of carbonyl (C=O) groups is 2. The second-order valence-electron chi connectivity index (χ2n) is 5.63. The Bertz CT molecular complexity index is 533. The molecule has 5 nitrogen and oxygen atoms in total. The lowest BCUT2D eigenvalue weighted by molar-refractivity contribution is -0.117.